The summed E-state index contributed by atoms with van der Waals surface area (Å²) in [5.41, 5.74) is 9.36. The van der Waals surface area contributed by atoms with Gasteiger partial charge in [0.15, 0.2) is 0 Å². The molecule has 0 aliphatic rings. The Balaban J connectivity index is 0.000000504. The van der Waals surface area contributed by atoms with Crippen LogP contribution >= 0.6 is 0 Å². The van der Waals surface area contributed by atoms with Gasteiger partial charge in [-0.25, -0.2) is 0 Å². The average molecular weight is 383 g/mol. The summed E-state index contributed by atoms with van der Waals surface area (Å²) in [6, 6.07) is 12.6. The van der Waals surface area contributed by atoms with E-state index in [0.29, 0.717) is 6.61 Å². The van der Waals surface area contributed by atoms with Crippen molar-refractivity contribution >= 4 is 22.8 Å². The lowest BCUT2D eigenvalue weighted by Gasteiger charge is -2.06. The van der Waals surface area contributed by atoms with Crippen molar-refractivity contribution in [2.24, 2.45) is 9.98 Å². The zero-order valence-corrected chi connectivity index (χ0v) is 18.2. The minimum Gasteiger partial charge on any atom is -0.379 e. The molecule has 3 heteroatoms. The number of benzene rings is 2. The molecule has 2 rings (SSSR count). The van der Waals surface area contributed by atoms with Gasteiger partial charge < -0.3 is 4.74 Å². The molecule has 2 aromatic carbocycles. The van der Waals surface area contributed by atoms with Gasteiger partial charge in [0, 0.05) is 18.5 Å². The molecule has 0 unspecified atom stereocenters. The molecule has 0 radical (unpaired) electrons. The average Bonchev–Trinajstić information content (AvgIpc) is 2.60. The Kier molecular flexibility index (Phi) is 12.0. The summed E-state index contributed by atoms with van der Waals surface area (Å²) in [6.45, 7) is 15.1. The van der Waals surface area contributed by atoms with E-state index in [1.54, 1.807) is 7.11 Å². The minimum atomic E-state index is 0. The highest BCUT2D eigenvalue weighted by molar-refractivity contribution is 5.86. The molecule has 154 valence electrons. The molecule has 2 aromatic rings. The largest absolute Gasteiger partial charge is 0.379 e. The predicted molar refractivity (Wildman–Crippen MR) is 126 cm³/mol. The second-order valence-electron chi connectivity index (χ2n) is 7.02. The van der Waals surface area contributed by atoms with Crippen molar-refractivity contribution in [2.45, 2.75) is 62.3 Å². The van der Waals surface area contributed by atoms with Crippen LogP contribution in [0.25, 0.3) is 0 Å². The number of ether oxygens (including phenoxy) is 1. The standard InChI is InChI=1S/C12H17NO.C12H17N.CH4/c1-9-6-5-7-10(2)12(9)13-11(3)8-14-4;1-5-11-8-6-7-10(4)12(11)13-9(2)3;/h5-7H,8H2,1-4H3;6-8H,5H2,1-4H3;1H4. The van der Waals surface area contributed by atoms with E-state index in [-0.39, 0.29) is 7.43 Å². The van der Waals surface area contributed by atoms with Gasteiger partial charge in [-0.05, 0) is 70.2 Å². The SMILES string of the molecule is C.CCc1cccc(C)c1N=C(C)C.COCC(C)=Nc1c(C)cccc1C. The van der Waals surface area contributed by atoms with E-state index in [0.717, 1.165) is 29.2 Å². The fourth-order valence-electron chi connectivity index (χ4n) is 2.80. The van der Waals surface area contributed by atoms with E-state index in [1.165, 1.54) is 22.3 Å². The topological polar surface area (TPSA) is 34.0 Å². The molecule has 0 fully saturated rings. The van der Waals surface area contributed by atoms with E-state index in [1.807, 2.05) is 20.8 Å². The lowest BCUT2D eigenvalue weighted by molar-refractivity contribution is 0.245. The van der Waals surface area contributed by atoms with Crippen molar-refractivity contribution in [3.05, 3.63) is 58.7 Å². The van der Waals surface area contributed by atoms with Crippen molar-refractivity contribution in [3.63, 3.8) is 0 Å². The Morgan fingerprint density at radius 1 is 0.821 bits per heavy atom. The Bertz CT molecular complexity index is 780. The Labute approximate surface area is 172 Å². The lowest BCUT2D eigenvalue weighted by Crippen LogP contribution is -2.01. The van der Waals surface area contributed by atoms with E-state index in [2.05, 4.69) is 74.1 Å². The maximum Gasteiger partial charge on any atom is 0.0842 e. The molecular formula is C25H38N2O. The van der Waals surface area contributed by atoms with E-state index in [4.69, 9.17) is 4.74 Å². The second kappa shape index (κ2) is 13.0. The van der Waals surface area contributed by atoms with Crippen LogP contribution in [0.4, 0.5) is 11.4 Å². The van der Waals surface area contributed by atoms with Gasteiger partial charge in [0.05, 0.1) is 18.0 Å². The molecule has 3 nitrogen and oxygen atoms in total. The quantitative estimate of drug-likeness (QED) is 0.498. The van der Waals surface area contributed by atoms with Gasteiger partial charge in [0.25, 0.3) is 0 Å². The summed E-state index contributed by atoms with van der Waals surface area (Å²) in [4.78, 5) is 9.09. The third-order valence-electron chi connectivity index (χ3n) is 4.13. The lowest BCUT2D eigenvalue weighted by atomic mass is 10.1. The van der Waals surface area contributed by atoms with Crippen LogP contribution in [0.5, 0.6) is 0 Å². The number of nitrogens with zero attached hydrogens (tertiary/aromatic N) is 2. The van der Waals surface area contributed by atoms with Crippen molar-refractivity contribution in [1.29, 1.82) is 0 Å². The van der Waals surface area contributed by atoms with Crippen LogP contribution in [0, 0.1) is 20.8 Å². The first-order chi connectivity index (χ1) is 12.8. The second-order valence-corrected chi connectivity index (χ2v) is 7.02. The third kappa shape index (κ3) is 8.18. The maximum atomic E-state index is 5.02. The molecule has 0 atom stereocenters. The van der Waals surface area contributed by atoms with Crippen LogP contribution in [0.3, 0.4) is 0 Å². The van der Waals surface area contributed by atoms with E-state index in [9.17, 15) is 0 Å². The normalized spacial score (nSPS) is 10.5. The summed E-state index contributed by atoms with van der Waals surface area (Å²) < 4.78 is 5.02. The molecule has 0 heterocycles. The molecule has 0 aromatic heterocycles. The first kappa shape index (κ1) is 25.7. The van der Waals surface area contributed by atoms with Gasteiger partial charge in [-0.3, -0.25) is 9.98 Å². The summed E-state index contributed by atoms with van der Waals surface area (Å²) in [5, 5.41) is 0. The zero-order chi connectivity index (χ0) is 20.4. The van der Waals surface area contributed by atoms with Crippen LogP contribution in [-0.2, 0) is 11.2 Å². The molecule has 0 spiro atoms. The van der Waals surface area contributed by atoms with Crippen LogP contribution in [0.2, 0.25) is 0 Å². The molecule has 0 bridgehead atoms. The Morgan fingerprint density at radius 3 is 1.79 bits per heavy atom. The summed E-state index contributed by atoms with van der Waals surface area (Å²) in [6.07, 6.45) is 1.05. The van der Waals surface area contributed by atoms with Crippen molar-refractivity contribution in [1.82, 2.24) is 0 Å². The van der Waals surface area contributed by atoms with Gasteiger partial charge in [0.1, 0.15) is 0 Å². The molecule has 0 aliphatic carbocycles. The molecule has 0 amide bonds. The molecular weight excluding hydrogens is 344 g/mol. The fraction of sp³-hybridized carbons (Fsp3) is 0.440. The minimum absolute atomic E-state index is 0. The zero-order valence-electron chi connectivity index (χ0n) is 18.2. The van der Waals surface area contributed by atoms with Crippen molar-refractivity contribution < 1.29 is 4.74 Å². The fourth-order valence-corrected chi connectivity index (χ4v) is 2.80. The van der Waals surface area contributed by atoms with Crippen LogP contribution in [0.15, 0.2) is 46.4 Å². The molecule has 0 saturated carbocycles. The smallest absolute Gasteiger partial charge is 0.0842 e. The first-order valence-electron chi connectivity index (χ1n) is 9.49. The Morgan fingerprint density at radius 2 is 1.32 bits per heavy atom. The van der Waals surface area contributed by atoms with Crippen LogP contribution < -0.4 is 0 Å². The number of para-hydroxylation sites is 2. The molecule has 0 aliphatic heterocycles. The highest BCUT2D eigenvalue weighted by atomic mass is 16.5. The summed E-state index contributed by atoms with van der Waals surface area (Å²) >= 11 is 0. The highest BCUT2D eigenvalue weighted by Gasteiger charge is 2.02. The van der Waals surface area contributed by atoms with Crippen LogP contribution in [-0.4, -0.2) is 25.1 Å². The van der Waals surface area contributed by atoms with Gasteiger partial charge in [-0.2, -0.15) is 0 Å². The number of rotatable bonds is 5. The van der Waals surface area contributed by atoms with Crippen molar-refractivity contribution in [3.8, 4) is 0 Å². The van der Waals surface area contributed by atoms with Crippen molar-refractivity contribution in [2.75, 3.05) is 13.7 Å². The highest BCUT2D eigenvalue weighted by Crippen LogP contribution is 2.24. The number of aliphatic imine (C=N–C) groups is 2. The molecule has 0 saturated heterocycles. The first-order valence-corrected chi connectivity index (χ1v) is 9.49. The molecule has 0 N–H and O–H groups in total. The monoisotopic (exact) mass is 382 g/mol. The number of aryl methyl sites for hydroxylation is 4. The molecule has 28 heavy (non-hydrogen) atoms. The van der Waals surface area contributed by atoms with E-state index < -0.39 is 0 Å². The number of hydrogen-bond donors (Lipinski definition) is 0. The van der Waals surface area contributed by atoms with Crippen LogP contribution in [0.1, 0.15) is 57.4 Å². The summed E-state index contributed by atoms with van der Waals surface area (Å²) in [5.74, 6) is 0. The van der Waals surface area contributed by atoms with Gasteiger partial charge in [-0.1, -0.05) is 50.7 Å². The van der Waals surface area contributed by atoms with Gasteiger partial charge in [0.2, 0.25) is 0 Å². The number of hydrogen-bond acceptors (Lipinski definition) is 3. The predicted octanol–water partition coefficient (Wildman–Crippen LogP) is 7.35. The van der Waals surface area contributed by atoms with Gasteiger partial charge in [-0.15, -0.1) is 0 Å². The van der Waals surface area contributed by atoms with Gasteiger partial charge >= 0.3 is 0 Å². The van der Waals surface area contributed by atoms with E-state index >= 15 is 0 Å². The number of methoxy groups -OCH3 is 1. The third-order valence-corrected chi connectivity index (χ3v) is 4.13. The maximum absolute atomic E-state index is 5.02. The Hall–Kier alpha value is -2.26. The summed E-state index contributed by atoms with van der Waals surface area (Å²) in [7, 11) is 1.68.